The Balaban J connectivity index is 1.51. The van der Waals surface area contributed by atoms with Gasteiger partial charge in [0, 0.05) is 22.6 Å². The van der Waals surface area contributed by atoms with Gasteiger partial charge in [-0.05, 0) is 78.7 Å². The molecule has 0 spiro atoms. The standard InChI is InChI=1S/C30H24F4N6O2/c1-16(2)24-9-8-23-27(39-24)36-15-37-28(23)40-25-14-21(5-10-26(25)42-22-6-3-20(35)4-7-22)38-29(41)17-11-18(30(32,33)34)13-19(31)12-17/h3-16H,35H2,1-2H3,(H,38,41)(H,36,37,39,40). The molecule has 0 aliphatic carbocycles. The summed E-state index contributed by atoms with van der Waals surface area (Å²) in [6.07, 6.45) is -3.46. The van der Waals surface area contributed by atoms with Crippen molar-refractivity contribution in [2.75, 3.05) is 16.4 Å². The fourth-order valence-electron chi connectivity index (χ4n) is 4.05. The highest BCUT2D eigenvalue weighted by molar-refractivity contribution is 6.05. The van der Waals surface area contributed by atoms with E-state index in [0.29, 0.717) is 51.9 Å². The number of hydrogen-bond donors (Lipinski definition) is 3. The van der Waals surface area contributed by atoms with Crippen molar-refractivity contribution in [3.63, 3.8) is 0 Å². The van der Waals surface area contributed by atoms with Crippen molar-refractivity contribution in [1.29, 1.82) is 0 Å². The van der Waals surface area contributed by atoms with E-state index < -0.39 is 29.0 Å². The fraction of sp³-hybridized carbons (Fsp3) is 0.133. The maximum Gasteiger partial charge on any atom is 0.416 e. The molecule has 2 aromatic heterocycles. The molecule has 2 heterocycles. The van der Waals surface area contributed by atoms with Crippen LogP contribution in [0.25, 0.3) is 11.0 Å². The van der Waals surface area contributed by atoms with Gasteiger partial charge in [-0.25, -0.2) is 19.3 Å². The van der Waals surface area contributed by atoms with Crippen LogP contribution in [-0.2, 0) is 6.18 Å². The minimum atomic E-state index is -4.82. The number of hydrogen-bond acceptors (Lipinski definition) is 7. The minimum absolute atomic E-state index is 0.186. The number of nitrogens with two attached hydrogens (primary N) is 1. The SMILES string of the molecule is CC(C)c1ccc2c(Nc3cc(NC(=O)c4cc(F)cc(C(F)(F)F)c4)ccc3Oc3ccc(N)cc3)ncnc2n1. The topological polar surface area (TPSA) is 115 Å². The first-order valence-corrected chi connectivity index (χ1v) is 12.7. The molecule has 0 saturated heterocycles. The first-order chi connectivity index (χ1) is 20.0. The molecule has 5 rings (SSSR count). The van der Waals surface area contributed by atoms with E-state index in [0.717, 1.165) is 11.8 Å². The number of nitrogens with zero attached hydrogens (tertiary/aromatic N) is 3. The third-order valence-corrected chi connectivity index (χ3v) is 6.20. The van der Waals surface area contributed by atoms with Crippen molar-refractivity contribution in [3.8, 4) is 11.5 Å². The molecule has 8 nitrogen and oxygen atoms in total. The Morgan fingerprint density at radius 3 is 2.43 bits per heavy atom. The average Bonchev–Trinajstić information content (AvgIpc) is 2.94. The summed E-state index contributed by atoms with van der Waals surface area (Å²) in [6, 6.07) is 16.6. The van der Waals surface area contributed by atoms with E-state index in [1.807, 2.05) is 26.0 Å². The number of carbonyl (C=O) groups is 1. The van der Waals surface area contributed by atoms with Gasteiger partial charge in [0.15, 0.2) is 11.4 Å². The molecule has 3 aromatic carbocycles. The predicted molar refractivity (Wildman–Crippen MR) is 151 cm³/mol. The number of alkyl halides is 3. The number of nitrogens with one attached hydrogen (secondary N) is 2. The lowest BCUT2D eigenvalue weighted by Crippen LogP contribution is -2.15. The van der Waals surface area contributed by atoms with Gasteiger partial charge in [-0.1, -0.05) is 13.8 Å². The van der Waals surface area contributed by atoms with Crippen LogP contribution in [0.3, 0.4) is 0 Å². The number of aromatic nitrogens is 3. The molecule has 0 aliphatic heterocycles. The van der Waals surface area contributed by atoms with Gasteiger partial charge in [-0.2, -0.15) is 13.2 Å². The van der Waals surface area contributed by atoms with Crippen LogP contribution in [0.2, 0.25) is 0 Å². The Kier molecular flexibility index (Phi) is 7.62. The number of pyridine rings is 1. The molecule has 4 N–H and O–H groups in total. The first-order valence-electron chi connectivity index (χ1n) is 12.7. The normalized spacial score (nSPS) is 11.5. The van der Waals surface area contributed by atoms with E-state index in [4.69, 9.17) is 10.5 Å². The molecule has 42 heavy (non-hydrogen) atoms. The number of halogens is 4. The Morgan fingerprint density at radius 2 is 1.71 bits per heavy atom. The van der Waals surface area contributed by atoms with Crippen LogP contribution < -0.4 is 21.1 Å². The predicted octanol–water partition coefficient (Wildman–Crippen LogP) is 7.68. The summed E-state index contributed by atoms with van der Waals surface area (Å²) in [4.78, 5) is 26.1. The second-order valence-electron chi connectivity index (χ2n) is 9.67. The molecule has 0 bridgehead atoms. The van der Waals surface area contributed by atoms with Crippen molar-refractivity contribution in [2.45, 2.75) is 25.9 Å². The maximum atomic E-state index is 13.9. The number of fused-ring (bicyclic) bond motifs is 1. The quantitative estimate of drug-likeness (QED) is 0.134. The summed E-state index contributed by atoms with van der Waals surface area (Å²) in [6.45, 7) is 4.03. The zero-order valence-electron chi connectivity index (χ0n) is 22.3. The van der Waals surface area contributed by atoms with Gasteiger partial charge in [-0.3, -0.25) is 4.79 Å². The van der Waals surface area contributed by atoms with Gasteiger partial charge in [-0.15, -0.1) is 0 Å². The molecule has 0 saturated carbocycles. The Labute approximate surface area is 237 Å². The molecular formula is C30H24F4N6O2. The molecular weight excluding hydrogens is 552 g/mol. The van der Waals surface area contributed by atoms with Gasteiger partial charge in [0.05, 0.1) is 16.6 Å². The highest BCUT2D eigenvalue weighted by Crippen LogP contribution is 2.36. The molecule has 214 valence electrons. The van der Waals surface area contributed by atoms with Crippen LogP contribution in [0.5, 0.6) is 11.5 Å². The van der Waals surface area contributed by atoms with Gasteiger partial charge < -0.3 is 21.1 Å². The third-order valence-electron chi connectivity index (χ3n) is 6.20. The second-order valence-corrected chi connectivity index (χ2v) is 9.67. The zero-order chi connectivity index (χ0) is 30.0. The summed E-state index contributed by atoms with van der Waals surface area (Å²) in [5, 5.41) is 6.32. The van der Waals surface area contributed by atoms with E-state index in [1.165, 1.54) is 18.5 Å². The van der Waals surface area contributed by atoms with Crippen molar-refractivity contribution < 1.29 is 27.1 Å². The van der Waals surface area contributed by atoms with E-state index in [-0.39, 0.29) is 11.6 Å². The van der Waals surface area contributed by atoms with Crippen molar-refractivity contribution in [2.24, 2.45) is 0 Å². The van der Waals surface area contributed by atoms with Crippen molar-refractivity contribution in [3.05, 3.63) is 102 Å². The summed E-state index contributed by atoms with van der Waals surface area (Å²) >= 11 is 0. The number of ether oxygens (including phenoxy) is 1. The number of amides is 1. The van der Waals surface area contributed by atoms with Crippen molar-refractivity contribution in [1.82, 2.24) is 15.0 Å². The number of anilines is 4. The smallest absolute Gasteiger partial charge is 0.416 e. The lowest BCUT2D eigenvalue weighted by atomic mass is 10.1. The van der Waals surface area contributed by atoms with E-state index >= 15 is 0 Å². The van der Waals surface area contributed by atoms with Gasteiger partial charge >= 0.3 is 6.18 Å². The Morgan fingerprint density at radius 1 is 0.952 bits per heavy atom. The molecule has 0 fully saturated rings. The molecule has 12 heteroatoms. The summed E-state index contributed by atoms with van der Waals surface area (Å²) in [5.74, 6) is -0.731. The summed E-state index contributed by atoms with van der Waals surface area (Å²) in [7, 11) is 0. The highest BCUT2D eigenvalue weighted by atomic mass is 19.4. The highest BCUT2D eigenvalue weighted by Gasteiger charge is 2.32. The zero-order valence-corrected chi connectivity index (χ0v) is 22.3. The van der Waals surface area contributed by atoms with Crippen LogP contribution >= 0.6 is 0 Å². The van der Waals surface area contributed by atoms with Crippen LogP contribution in [0.15, 0.2) is 79.1 Å². The van der Waals surface area contributed by atoms with Gasteiger partial charge in [0.25, 0.3) is 5.91 Å². The number of nitrogen functional groups attached to an aromatic ring is 1. The third kappa shape index (κ3) is 6.38. The lowest BCUT2D eigenvalue weighted by molar-refractivity contribution is -0.137. The largest absolute Gasteiger partial charge is 0.455 e. The van der Waals surface area contributed by atoms with Gasteiger partial charge in [0.1, 0.15) is 23.7 Å². The minimum Gasteiger partial charge on any atom is -0.455 e. The van der Waals surface area contributed by atoms with Crippen LogP contribution in [0, 0.1) is 5.82 Å². The van der Waals surface area contributed by atoms with Crippen molar-refractivity contribution >= 4 is 39.8 Å². The van der Waals surface area contributed by atoms with Crippen LogP contribution in [-0.4, -0.2) is 20.9 Å². The Bertz CT molecular complexity index is 1780. The maximum absolute atomic E-state index is 13.9. The first kappa shape index (κ1) is 28.3. The average molecular weight is 577 g/mol. The molecule has 0 radical (unpaired) electrons. The lowest BCUT2D eigenvalue weighted by Gasteiger charge is -2.16. The monoisotopic (exact) mass is 576 g/mol. The summed E-state index contributed by atoms with van der Waals surface area (Å²) < 4.78 is 59.5. The van der Waals surface area contributed by atoms with Gasteiger partial charge in [0.2, 0.25) is 0 Å². The Hall–Kier alpha value is -5.26. The van der Waals surface area contributed by atoms with Crippen LogP contribution in [0.4, 0.5) is 40.4 Å². The second kappa shape index (κ2) is 11.3. The number of carbonyl (C=O) groups excluding carboxylic acids is 1. The number of benzene rings is 3. The molecule has 0 unspecified atom stereocenters. The molecule has 0 atom stereocenters. The molecule has 5 aromatic rings. The fourth-order valence-corrected chi connectivity index (χ4v) is 4.05. The molecule has 1 amide bonds. The number of rotatable bonds is 7. The van der Waals surface area contributed by atoms with E-state index in [1.54, 1.807) is 30.3 Å². The van der Waals surface area contributed by atoms with E-state index in [2.05, 4.69) is 25.6 Å². The summed E-state index contributed by atoms with van der Waals surface area (Å²) in [5.41, 5.74) is 6.44. The van der Waals surface area contributed by atoms with Crippen LogP contribution in [0.1, 0.15) is 41.4 Å². The molecule has 0 aliphatic rings. The van der Waals surface area contributed by atoms with E-state index in [9.17, 15) is 22.4 Å².